The van der Waals surface area contributed by atoms with Gasteiger partial charge in [-0.1, -0.05) is 18.2 Å². The Labute approximate surface area is 96.6 Å². The first kappa shape index (κ1) is 11.4. The average Bonchev–Trinajstić information content (AvgIpc) is 2.30. The highest BCUT2D eigenvalue weighted by molar-refractivity contribution is 5.54. The van der Waals surface area contributed by atoms with Gasteiger partial charge in [0.05, 0.1) is 19.3 Å². The third-order valence-corrected chi connectivity index (χ3v) is 2.86. The molecule has 16 heavy (non-hydrogen) atoms. The molecule has 1 N–H and O–H groups in total. The molecule has 0 saturated carbocycles. The van der Waals surface area contributed by atoms with Gasteiger partial charge in [0, 0.05) is 25.2 Å². The van der Waals surface area contributed by atoms with Crippen molar-refractivity contribution >= 4 is 5.69 Å². The van der Waals surface area contributed by atoms with Crippen LogP contribution in [0, 0.1) is 0 Å². The fourth-order valence-corrected chi connectivity index (χ4v) is 2.11. The van der Waals surface area contributed by atoms with E-state index in [1.807, 2.05) is 13.0 Å². The molecule has 0 bridgehead atoms. The Balaban J connectivity index is 2.17. The van der Waals surface area contributed by atoms with E-state index in [1.54, 1.807) is 0 Å². The molecule has 1 aliphatic rings. The molecule has 3 nitrogen and oxygen atoms in total. The van der Waals surface area contributed by atoms with E-state index in [0.29, 0.717) is 6.42 Å². The van der Waals surface area contributed by atoms with Crippen LogP contribution in [-0.4, -0.2) is 37.5 Å². The molecule has 1 aromatic carbocycles. The maximum Gasteiger partial charge on any atom is 0.0642 e. The van der Waals surface area contributed by atoms with Crippen LogP contribution in [0.2, 0.25) is 0 Å². The third-order valence-electron chi connectivity index (χ3n) is 2.86. The van der Waals surface area contributed by atoms with Crippen LogP contribution in [0.5, 0.6) is 0 Å². The zero-order chi connectivity index (χ0) is 11.4. The fraction of sp³-hybridized carbons (Fsp3) is 0.538. The summed E-state index contributed by atoms with van der Waals surface area (Å²) in [4.78, 5) is 2.33. The van der Waals surface area contributed by atoms with Gasteiger partial charge in [-0.2, -0.15) is 0 Å². The molecule has 1 atom stereocenters. The summed E-state index contributed by atoms with van der Waals surface area (Å²) in [7, 11) is 0. The number of rotatable bonds is 3. The Hall–Kier alpha value is -1.06. The van der Waals surface area contributed by atoms with Crippen LogP contribution >= 0.6 is 0 Å². The number of hydrogen-bond acceptors (Lipinski definition) is 3. The lowest BCUT2D eigenvalue weighted by Crippen LogP contribution is -2.36. The molecule has 0 radical (unpaired) electrons. The van der Waals surface area contributed by atoms with E-state index in [1.165, 1.54) is 11.3 Å². The van der Waals surface area contributed by atoms with Crippen molar-refractivity contribution in [3.63, 3.8) is 0 Å². The molecule has 2 rings (SSSR count). The maximum absolute atomic E-state index is 9.49. The van der Waals surface area contributed by atoms with Crippen LogP contribution in [0.1, 0.15) is 12.5 Å². The Morgan fingerprint density at radius 1 is 1.31 bits per heavy atom. The minimum absolute atomic E-state index is 0.290. The third kappa shape index (κ3) is 2.74. The van der Waals surface area contributed by atoms with Crippen molar-refractivity contribution in [2.75, 3.05) is 31.2 Å². The largest absolute Gasteiger partial charge is 0.393 e. The van der Waals surface area contributed by atoms with Crippen molar-refractivity contribution in [3.8, 4) is 0 Å². The minimum atomic E-state index is -0.290. The van der Waals surface area contributed by atoms with Gasteiger partial charge in [-0.25, -0.2) is 0 Å². The summed E-state index contributed by atoms with van der Waals surface area (Å²) in [6.07, 6.45) is 0.426. The van der Waals surface area contributed by atoms with Crippen LogP contribution in [0.3, 0.4) is 0 Å². The molecule has 3 heteroatoms. The number of aliphatic hydroxyl groups is 1. The van der Waals surface area contributed by atoms with Gasteiger partial charge < -0.3 is 14.7 Å². The summed E-state index contributed by atoms with van der Waals surface area (Å²) in [5.74, 6) is 0. The van der Waals surface area contributed by atoms with Gasteiger partial charge in [0.2, 0.25) is 0 Å². The van der Waals surface area contributed by atoms with Crippen LogP contribution in [0.4, 0.5) is 5.69 Å². The average molecular weight is 221 g/mol. The monoisotopic (exact) mass is 221 g/mol. The molecule has 0 unspecified atom stereocenters. The predicted octanol–water partition coefficient (Wildman–Crippen LogP) is 1.45. The fourth-order valence-electron chi connectivity index (χ4n) is 2.11. The van der Waals surface area contributed by atoms with Crippen LogP contribution < -0.4 is 4.90 Å². The molecule has 0 aliphatic carbocycles. The number of morpholine rings is 1. The van der Waals surface area contributed by atoms with E-state index in [4.69, 9.17) is 4.74 Å². The van der Waals surface area contributed by atoms with Crippen molar-refractivity contribution in [2.45, 2.75) is 19.4 Å². The lowest BCUT2D eigenvalue weighted by molar-refractivity contribution is 0.122. The zero-order valence-corrected chi connectivity index (χ0v) is 9.72. The molecule has 0 spiro atoms. The van der Waals surface area contributed by atoms with Gasteiger partial charge in [-0.15, -0.1) is 0 Å². The second kappa shape index (κ2) is 5.32. The molecule has 1 saturated heterocycles. The van der Waals surface area contributed by atoms with Crippen molar-refractivity contribution in [1.82, 2.24) is 0 Å². The van der Waals surface area contributed by atoms with Crippen molar-refractivity contribution in [2.24, 2.45) is 0 Å². The quantitative estimate of drug-likeness (QED) is 0.838. The van der Waals surface area contributed by atoms with Gasteiger partial charge in [0.15, 0.2) is 0 Å². The summed E-state index contributed by atoms with van der Waals surface area (Å²) >= 11 is 0. The Kier molecular flexibility index (Phi) is 3.80. The number of benzene rings is 1. The summed E-state index contributed by atoms with van der Waals surface area (Å²) in [6.45, 7) is 5.30. The SMILES string of the molecule is C[C@@H](O)Cc1ccccc1N1CCOCC1. The zero-order valence-electron chi connectivity index (χ0n) is 9.72. The first-order valence-electron chi connectivity index (χ1n) is 5.86. The van der Waals surface area contributed by atoms with Crippen molar-refractivity contribution in [1.29, 1.82) is 0 Å². The number of aliphatic hydroxyl groups excluding tert-OH is 1. The summed E-state index contributed by atoms with van der Waals surface area (Å²) in [6, 6.07) is 8.30. The highest BCUT2D eigenvalue weighted by atomic mass is 16.5. The molecule has 0 aromatic heterocycles. The maximum atomic E-state index is 9.49. The lowest BCUT2D eigenvalue weighted by atomic mass is 10.1. The van der Waals surface area contributed by atoms with Gasteiger partial charge in [0.1, 0.15) is 0 Å². The highest BCUT2D eigenvalue weighted by Crippen LogP contribution is 2.22. The Morgan fingerprint density at radius 3 is 2.69 bits per heavy atom. The number of anilines is 1. The summed E-state index contributed by atoms with van der Waals surface area (Å²) in [5, 5.41) is 9.49. The number of hydrogen-bond donors (Lipinski definition) is 1. The van der Waals surface area contributed by atoms with Crippen molar-refractivity contribution in [3.05, 3.63) is 29.8 Å². The predicted molar refractivity (Wildman–Crippen MR) is 64.9 cm³/mol. The van der Waals surface area contributed by atoms with Gasteiger partial charge in [0.25, 0.3) is 0 Å². The minimum Gasteiger partial charge on any atom is -0.393 e. The van der Waals surface area contributed by atoms with Gasteiger partial charge >= 0.3 is 0 Å². The van der Waals surface area contributed by atoms with Gasteiger partial charge in [-0.3, -0.25) is 0 Å². The molecule has 88 valence electrons. The molecule has 1 aliphatic heterocycles. The second-order valence-corrected chi connectivity index (χ2v) is 4.28. The highest BCUT2D eigenvalue weighted by Gasteiger charge is 2.14. The van der Waals surface area contributed by atoms with Crippen LogP contribution in [-0.2, 0) is 11.2 Å². The van der Waals surface area contributed by atoms with Crippen LogP contribution in [0.15, 0.2) is 24.3 Å². The van der Waals surface area contributed by atoms with E-state index in [9.17, 15) is 5.11 Å². The lowest BCUT2D eigenvalue weighted by Gasteiger charge is -2.30. The summed E-state index contributed by atoms with van der Waals surface area (Å²) in [5.41, 5.74) is 2.46. The second-order valence-electron chi connectivity index (χ2n) is 4.28. The van der Waals surface area contributed by atoms with E-state index in [0.717, 1.165) is 26.3 Å². The topological polar surface area (TPSA) is 32.7 Å². The normalized spacial score (nSPS) is 18.5. The Morgan fingerprint density at radius 2 is 2.00 bits per heavy atom. The molecule has 0 amide bonds. The molecular formula is C13H19NO2. The number of ether oxygens (including phenoxy) is 1. The summed E-state index contributed by atoms with van der Waals surface area (Å²) < 4.78 is 5.35. The molecular weight excluding hydrogens is 202 g/mol. The van der Waals surface area contributed by atoms with E-state index < -0.39 is 0 Å². The number of nitrogens with zero attached hydrogens (tertiary/aromatic N) is 1. The first-order chi connectivity index (χ1) is 7.77. The smallest absolute Gasteiger partial charge is 0.0642 e. The molecule has 1 fully saturated rings. The standard InChI is InChI=1S/C13H19NO2/c1-11(15)10-12-4-2-3-5-13(12)14-6-8-16-9-7-14/h2-5,11,15H,6-10H2,1H3/t11-/m1/s1. The number of para-hydroxylation sites is 1. The molecule has 1 aromatic rings. The van der Waals surface area contributed by atoms with E-state index in [2.05, 4.69) is 23.1 Å². The van der Waals surface area contributed by atoms with Crippen LogP contribution in [0.25, 0.3) is 0 Å². The van der Waals surface area contributed by atoms with E-state index in [-0.39, 0.29) is 6.10 Å². The Bertz CT molecular complexity index is 332. The van der Waals surface area contributed by atoms with Gasteiger partial charge in [-0.05, 0) is 18.6 Å². The molecule has 1 heterocycles. The van der Waals surface area contributed by atoms with E-state index >= 15 is 0 Å². The first-order valence-corrected chi connectivity index (χ1v) is 5.86. The van der Waals surface area contributed by atoms with Crippen molar-refractivity contribution < 1.29 is 9.84 Å².